The molecule has 1 rings (SSSR count). The zero-order valence-electron chi connectivity index (χ0n) is 8.66. The number of rotatable bonds is 3. The Kier molecular flexibility index (Phi) is 3.81. The highest BCUT2D eigenvalue weighted by atomic mass is 31.2. The largest absolute Gasteiger partial charge is 0.398 e. The Morgan fingerprint density at radius 1 is 1.31 bits per heavy atom. The van der Waals surface area contributed by atoms with Gasteiger partial charge in [-0.2, -0.15) is 13.2 Å². The molecule has 0 saturated heterocycles. The SMILES string of the molecule is CCc1ccccc1P(=O)(O)CC(F)(F)F. The van der Waals surface area contributed by atoms with E-state index in [2.05, 4.69) is 0 Å². The van der Waals surface area contributed by atoms with E-state index in [1.165, 1.54) is 12.1 Å². The van der Waals surface area contributed by atoms with Crippen LogP contribution in [0.1, 0.15) is 12.5 Å². The number of alkyl halides is 3. The molecule has 1 atom stereocenters. The highest BCUT2D eigenvalue weighted by molar-refractivity contribution is 7.66. The van der Waals surface area contributed by atoms with Crippen LogP contribution in [0.4, 0.5) is 13.2 Å². The van der Waals surface area contributed by atoms with E-state index < -0.39 is 19.7 Å². The third-order valence-corrected chi connectivity index (χ3v) is 4.12. The van der Waals surface area contributed by atoms with Gasteiger partial charge in [0.25, 0.3) is 0 Å². The van der Waals surface area contributed by atoms with Gasteiger partial charge in [-0.25, -0.2) is 0 Å². The van der Waals surface area contributed by atoms with Crippen molar-refractivity contribution in [1.29, 1.82) is 0 Å². The lowest BCUT2D eigenvalue weighted by molar-refractivity contribution is -0.107. The first-order chi connectivity index (χ1) is 7.26. The molecule has 90 valence electrons. The third-order valence-electron chi connectivity index (χ3n) is 2.14. The van der Waals surface area contributed by atoms with Gasteiger partial charge in [-0.1, -0.05) is 25.1 Å². The summed E-state index contributed by atoms with van der Waals surface area (Å²) < 4.78 is 48.1. The van der Waals surface area contributed by atoms with Crippen LogP contribution in [0.25, 0.3) is 0 Å². The molecular formula is C10H12F3O2P. The van der Waals surface area contributed by atoms with E-state index in [0.717, 1.165) is 0 Å². The fourth-order valence-corrected chi connectivity index (χ4v) is 3.14. The van der Waals surface area contributed by atoms with Crippen LogP contribution in [-0.4, -0.2) is 17.2 Å². The molecule has 0 saturated carbocycles. The van der Waals surface area contributed by atoms with E-state index in [4.69, 9.17) is 0 Å². The van der Waals surface area contributed by atoms with E-state index in [9.17, 15) is 22.6 Å². The van der Waals surface area contributed by atoms with Crippen molar-refractivity contribution >= 4 is 12.7 Å². The van der Waals surface area contributed by atoms with Gasteiger partial charge in [-0.05, 0) is 18.1 Å². The molecule has 16 heavy (non-hydrogen) atoms. The fraction of sp³-hybridized carbons (Fsp3) is 0.400. The summed E-state index contributed by atoms with van der Waals surface area (Å²) in [7, 11) is -4.35. The maximum Gasteiger partial charge on any atom is 0.398 e. The standard InChI is InChI=1S/C10H12F3O2P/c1-2-8-5-3-4-6-9(8)16(14,15)7-10(11,12)13/h3-6H,2,7H2,1H3,(H,14,15). The van der Waals surface area contributed by atoms with Crippen molar-refractivity contribution in [3.05, 3.63) is 29.8 Å². The van der Waals surface area contributed by atoms with E-state index in [0.29, 0.717) is 12.0 Å². The molecule has 1 unspecified atom stereocenters. The first kappa shape index (κ1) is 13.3. The van der Waals surface area contributed by atoms with Gasteiger partial charge in [0.15, 0.2) is 0 Å². The zero-order chi connectivity index (χ0) is 12.4. The van der Waals surface area contributed by atoms with E-state index >= 15 is 0 Å². The summed E-state index contributed by atoms with van der Waals surface area (Å²) in [5.74, 6) is 0. The van der Waals surface area contributed by atoms with Crippen molar-refractivity contribution < 1.29 is 22.6 Å². The average molecular weight is 252 g/mol. The summed E-state index contributed by atoms with van der Waals surface area (Å²) in [6, 6.07) is 5.95. The Balaban J connectivity index is 3.12. The Labute approximate surface area is 91.6 Å². The normalized spacial score (nSPS) is 15.8. The highest BCUT2D eigenvalue weighted by Crippen LogP contribution is 2.45. The second kappa shape index (κ2) is 4.60. The quantitative estimate of drug-likeness (QED) is 0.840. The molecule has 0 amide bonds. The number of halogens is 3. The maximum absolute atomic E-state index is 12.1. The number of hydrogen-bond donors (Lipinski definition) is 1. The van der Waals surface area contributed by atoms with Crippen LogP contribution in [0.15, 0.2) is 24.3 Å². The van der Waals surface area contributed by atoms with Gasteiger partial charge < -0.3 is 4.89 Å². The molecule has 1 aromatic rings. The number of benzene rings is 1. The van der Waals surface area contributed by atoms with Crippen molar-refractivity contribution in [2.45, 2.75) is 19.5 Å². The summed E-state index contributed by atoms with van der Waals surface area (Å²) in [5.41, 5.74) is 0.484. The van der Waals surface area contributed by atoms with E-state index in [-0.39, 0.29) is 5.30 Å². The summed E-state index contributed by atoms with van der Waals surface area (Å²) in [5, 5.41) is -0.0881. The molecule has 0 fully saturated rings. The lowest BCUT2D eigenvalue weighted by Crippen LogP contribution is -2.21. The third kappa shape index (κ3) is 3.35. The molecule has 1 aromatic carbocycles. The lowest BCUT2D eigenvalue weighted by Gasteiger charge is -2.16. The van der Waals surface area contributed by atoms with Gasteiger partial charge in [0.2, 0.25) is 7.37 Å². The molecule has 0 bridgehead atoms. The smallest absolute Gasteiger partial charge is 0.341 e. The van der Waals surface area contributed by atoms with Gasteiger partial charge in [0.1, 0.15) is 6.16 Å². The van der Waals surface area contributed by atoms with Gasteiger partial charge in [0, 0.05) is 5.30 Å². The summed E-state index contributed by atoms with van der Waals surface area (Å²) in [6.45, 7) is 1.73. The number of hydrogen-bond acceptors (Lipinski definition) is 1. The molecule has 0 aliphatic carbocycles. The molecule has 0 radical (unpaired) electrons. The molecule has 2 nitrogen and oxygen atoms in total. The minimum Gasteiger partial charge on any atom is -0.341 e. The second-order valence-corrected chi connectivity index (χ2v) is 5.66. The lowest BCUT2D eigenvalue weighted by atomic mass is 10.2. The minimum atomic E-state index is -4.63. The first-order valence-electron chi connectivity index (χ1n) is 4.73. The van der Waals surface area contributed by atoms with Gasteiger partial charge in [0.05, 0.1) is 0 Å². The average Bonchev–Trinajstić information content (AvgIpc) is 2.14. The van der Waals surface area contributed by atoms with Crippen LogP contribution >= 0.6 is 7.37 Å². The molecule has 0 spiro atoms. The molecule has 0 aliphatic heterocycles. The van der Waals surface area contributed by atoms with Crippen LogP contribution in [0.3, 0.4) is 0 Å². The second-order valence-electron chi connectivity index (χ2n) is 3.46. The van der Waals surface area contributed by atoms with Crippen LogP contribution in [0, 0.1) is 0 Å². The predicted octanol–water partition coefficient (Wildman–Crippen LogP) is 2.71. The van der Waals surface area contributed by atoms with Crippen molar-refractivity contribution in [2.75, 3.05) is 6.16 Å². The van der Waals surface area contributed by atoms with Crippen LogP contribution < -0.4 is 5.30 Å². The predicted molar refractivity (Wildman–Crippen MR) is 56.2 cm³/mol. The van der Waals surface area contributed by atoms with Gasteiger partial charge in [-0.15, -0.1) is 0 Å². The Morgan fingerprint density at radius 3 is 2.38 bits per heavy atom. The first-order valence-corrected chi connectivity index (χ1v) is 6.58. The Hall–Kier alpha value is -0.800. The molecule has 1 N–H and O–H groups in total. The summed E-state index contributed by atoms with van der Waals surface area (Å²) >= 11 is 0. The van der Waals surface area contributed by atoms with Crippen molar-refractivity contribution in [1.82, 2.24) is 0 Å². The van der Waals surface area contributed by atoms with Crippen LogP contribution in [0.5, 0.6) is 0 Å². The van der Waals surface area contributed by atoms with Crippen molar-refractivity contribution in [2.24, 2.45) is 0 Å². The molecule has 0 aromatic heterocycles. The molecule has 0 heterocycles. The zero-order valence-corrected chi connectivity index (χ0v) is 9.55. The minimum absolute atomic E-state index is 0.0881. The van der Waals surface area contributed by atoms with Crippen LogP contribution in [0.2, 0.25) is 0 Å². The summed E-state index contributed by atoms with van der Waals surface area (Å²) in [6.07, 6.45) is -5.87. The summed E-state index contributed by atoms with van der Waals surface area (Å²) in [4.78, 5) is 9.47. The van der Waals surface area contributed by atoms with E-state index in [1.807, 2.05) is 0 Å². The maximum atomic E-state index is 12.1. The number of aryl methyl sites for hydroxylation is 1. The molecular weight excluding hydrogens is 240 g/mol. The van der Waals surface area contributed by atoms with Crippen molar-refractivity contribution in [3.63, 3.8) is 0 Å². The topological polar surface area (TPSA) is 37.3 Å². The van der Waals surface area contributed by atoms with Crippen molar-refractivity contribution in [3.8, 4) is 0 Å². The van der Waals surface area contributed by atoms with Crippen LogP contribution in [-0.2, 0) is 11.0 Å². The van der Waals surface area contributed by atoms with Gasteiger partial charge >= 0.3 is 6.18 Å². The molecule has 0 aliphatic rings. The Bertz CT molecular complexity index is 415. The van der Waals surface area contributed by atoms with E-state index in [1.54, 1.807) is 19.1 Å². The Morgan fingerprint density at radius 2 is 1.88 bits per heavy atom. The monoisotopic (exact) mass is 252 g/mol. The fourth-order valence-electron chi connectivity index (χ4n) is 1.48. The van der Waals surface area contributed by atoms with Gasteiger partial charge in [-0.3, -0.25) is 4.57 Å². The molecule has 6 heteroatoms. The highest BCUT2D eigenvalue weighted by Gasteiger charge is 2.39.